The van der Waals surface area contributed by atoms with Crippen molar-refractivity contribution in [1.82, 2.24) is 0 Å². The number of methoxy groups -OCH3 is 1. The summed E-state index contributed by atoms with van der Waals surface area (Å²) in [5.74, 6) is -0.282. The van der Waals surface area contributed by atoms with Crippen LogP contribution in [0.4, 0.5) is 0 Å². The number of benzene rings is 1. The first-order valence-electron chi connectivity index (χ1n) is 4.77. The number of carbonyl (C=O) groups excluding carboxylic acids is 1. The predicted octanol–water partition coefficient (Wildman–Crippen LogP) is 1.35. The van der Waals surface area contributed by atoms with E-state index in [1.807, 2.05) is 19.1 Å². The van der Waals surface area contributed by atoms with E-state index in [-0.39, 0.29) is 12.2 Å². The molecule has 0 aromatic heterocycles. The molecule has 4 nitrogen and oxygen atoms in total. The van der Waals surface area contributed by atoms with Gasteiger partial charge < -0.3 is 15.6 Å². The third-order valence-electron chi connectivity index (χ3n) is 2.29. The highest BCUT2D eigenvalue weighted by molar-refractivity contribution is 14.1. The van der Waals surface area contributed by atoms with Gasteiger partial charge in [0.05, 0.1) is 7.11 Å². The quantitative estimate of drug-likeness (QED) is 0.646. The Morgan fingerprint density at radius 1 is 1.62 bits per heavy atom. The molecule has 16 heavy (non-hydrogen) atoms. The summed E-state index contributed by atoms with van der Waals surface area (Å²) in [4.78, 5) is 11.2. The van der Waals surface area contributed by atoms with Crippen LogP contribution in [0.25, 0.3) is 0 Å². The van der Waals surface area contributed by atoms with Crippen LogP contribution in [0.2, 0.25) is 0 Å². The number of carbonyl (C=O) groups is 1. The molecule has 1 rings (SSSR count). The number of esters is 1. The van der Waals surface area contributed by atoms with Gasteiger partial charge in [-0.15, -0.1) is 0 Å². The number of hydrogen-bond donors (Lipinski definition) is 2. The molecule has 0 heterocycles. The fourth-order valence-electron chi connectivity index (χ4n) is 1.43. The Labute approximate surface area is 108 Å². The molecule has 0 bridgehead atoms. The largest absolute Gasteiger partial charge is 0.507 e. The maximum Gasteiger partial charge on any atom is 0.322 e. The number of nitrogens with two attached hydrogens (primary N) is 1. The Hall–Kier alpha value is -0.820. The van der Waals surface area contributed by atoms with Crippen molar-refractivity contribution in [3.63, 3.8) is 0 Å². The third kappa shape index (κ3) is 3.08. The van der Waals surface area contributed by atoms with E-state index in [0.717, 1.165) is 9.13 Å². The summed E-state index contributed by atoms with van der Waals surface area (Å²) in [6.45, 7) is 1.81. The van der Waals surface area contributed by atoms with Crippen LogP contribution in [0.5, 0.6) is 5.75 Å². The molecule has 0 amide bonds. The molecular formula is C11H14INO3. The van der Waals surface area contributed by atoms with Crippen LogP contribution in [-0.2, 0) is 16.0 Å². The van der Waals surface area contributed by atoms with Gasteiger partial charge in [-0.1, -0.05) is 0 Å². The molecule has 0 saturated heterocycles. The molecule has 5 heteroatoms. The highest BCUT2D eigenvalue weighted by atomic mass is 127. The van der Waals surface area contributed by atoms with Gasteiger partial charge in [0.1, 0.15) is 11.8 Å². The van der Waals surface area contributed by atoms with Gasteiger partial charge in [0, 0.05) is 9.99 Å². The van der Waals surface area contributed by atoms with Gasteiger partial charge in [0.15, 0.2) is 0 Å². The Balaban J connectivity index is 2.93. The van der Waals surface area contributed by atoms with Gasteiger partial charge in [0.2, 0.25) is 0 Å². The van der Waals surface area contributed by atoms with E-state index in [9.17, 15) is 9.90 Å². The van der Waals surface area contributed by atoms with Gasteiger partial charge in [0.25, 0.3) is 0 Å². The van der Waals surface area contributed by atoms with Crippen molar-refractivity contribution in [2.75, 3.05) is 7.11 Å². The van der Waals surface area contributed by atoms with Crippen molar-refractivity contribution in [3.05, 3.63) is 26.8 Å². The first kappa shape index (κ1) is 13.2. The van der Waals surface area contributed by atoms with E-state index in [1.54, 1.807) is 0 Å². The zero-order chi connectivity index (χ0) is 12.3. The van der Waals surface area contributed by atoms with Crippen molar-refractivity contribution >= 4 is 28.6 Å². The number of phenolic OH excluding ortho intramolecular Hbond substituents is 1. The van der Waals surface area contributed by atoms with Gasteiger partial charge in [-0.25, -0.2) is 0 Å². The summed E-state index contributed by atoms with van der Waals surface area (Å²) >= 11 is 2.15. The number of phenols is 1. The highest BCUT2D eigenvalue weighted by Gasteiger charge is 2.17. The lowest BCUT2D eigenvalue weighted by atomic mass is 10.0. The monoisotopic (exact) mass is 335 g/mol. The Bertz CT molecular complexity index is 406. The number of hydrogen-bond acceptors (Lipinski definition) is 4. The lowest BCUT2D eigenvalue weighted by molar-refractivity contribution is -0.142. The van der Waals surface area contributed by atoms with Crippen LogP contribution in [0.3, 0.4) is 0 Å². The molecule has 3 N–H and O–H groups in total. The van der Waals surface area contributed by atoms with Crippen LogP contribution < -0.4 is 5.73 Å². The van der Waals surface area contributed by atoms with E-state index in [0.29, 0.717) is 5.56 Å². The average Bonchev–Trinajstić information content (AvgIpc) is 2.23. The lowest BCUT2D eigenvalue weighted by Crippen LogP contribution is -2.33. The Kier molecular flexibility index (Phi) is 4.55. The lowest BCUT2D eigenvalue weighted by Gasteiger charge is -2.12. The summed E-state index contributed by atoms with van der Waals surface area (Å²) in [6, 6.07) is 2.93. The van der Waals surface area contributed by atoms with Crippen LogP contribution in [0.1, 0.15) is 11.1 Å². The number of halogens is 1. The normalized spacial score (nSPS) is 12.2. The predicted molar refractivity (Wildman–Crippen MR) is 69.3 cm³/mol. The molecule has 1 atom stereocenters. The molecule has 0 aliphatic heterocycles. The standard InChI is InChI=1S/C11H14INO3/c1-6-3-8(12)4-7(10(6)14)5-9(13)11(15)16-2/h3-4,9,14H,5,13H2,1-2H3. The fraction of sp³-hybridized carbons (Fsp3) is 0.364. The third-order valence-corrected chi connectivity index (χ3v) is 2.91. The number of aryl methyl sites for hydroxylation is 1. The van der Waals surface area contributed by atoms with E-state index in [4.69, 9.17) is 5.73 Å². The molecule has 0 spiro atoms. The van der Waals surface area contributed by atoms with E-state index in [2.05, 4.69) is 27.3 Å². The van der Waals surface area contributed by atoms with E-state index < -0.39 is 12.0 Å². The number of ether oxygens (including phenoxy) is 1. The second kappa shape index (κ2) is 5.49. The minimum Gasteiger partial charge on any atom is -0.507 e. The molecule has 88 valence electrons. The molecule has 0 aliphatic rings. The van der Waals surface area contributed by atoms with Gasteiger partial charge in [-0.05, 0) is 52.8 Å². The minimum absolute atomic E-state index is 0.194. The molecule has 0 saturated carbocycles. The smallest absolute Gasteiger partial charge is 0.322 e. The number of rotatable bonds is 3. The molecular weight excluding hydrogens is 321 g/mol. The molecule has 1 unspecified atom stereocenters. The van der Waals surface area contributed by atoms with Crippen molar-refractivity contribution in [3.8, 4) is 5.75 Å². The minimum atomic E-state index is -0.742. The molecule has 0 aliphatic carbocycles. The summed E-state index contributed by atoms with van der Waals surface area (Å²) in [6.07, 6.45) is 0.274. The first-order valence-corrected chi connectivity index (χ1v) is 5.85. The summed E-state index contributed by atoms with van der Waals surface area (Å²) in [5.41, 5.74) is 7.09. The average molecular weight is 335 g/mol. The van der Waals surface area contributed by atoms with Crippen LogP contribution >= 0.6 is 22.6 Å². The molecule has 0 radical (unpaired) electrons. The van der Waals surface area contributed by atoms with Crippen molar-refractivity contribution in [2.45, 2.75) is 19.4 Å². The van der Waals surface area contributed by atoms with Crippen molar-refractivity contribution in [2.24, 2.45) is 5.73 Å². The van der Waals surface area contributed by atoms with Crippen molar-refractivity contribution in [1.29, 1.82) is 0 Å². The van der Waals surface area contributed by atoms with Crippen molar-refractivity contribution < 1.29 is 14.6 Å². The summed E-state index contributed by atoms with van der Waals surface area (Å²) < 4.78 is 5.54. The molecule has 1 aromatic rings. The Morgan fingerprint density at radius 3 is 2.81 bits per heavy atom. The van der Waals surface area contributed by atoms with Crippen LogP contribution in [-0.4, -0.2) is 24.2 Å². The van der Waals surface area contributed by atoms with E-state index >= 15 is 0 Å². The van der Waals surface area contributed by atoms with Gasteiger partial charge >= 0.3 is 5.97 Å². The first-order chi connectivity index (χ1) is 7.45. The van der Waals surface area contributed by atoms with Gasteiger partial charge in [-0.2, -0.15) is 0 Å². The SMILES string of the molecule is COC(=O)C(N)Cc1cc(I)cc(C)c1O. The fourth-order valence-corrected chi connectivity index (χ4v) is 2.28. The molecule has 1 aromatic carbocycles. The summed E-state index contributed by atoms with van der Waals surface area (Å²) in [5, 5.41) is 9.81. The second-order valence-corrected chi connectivity index (χ2v) is 4.81. The molecule has 0 fully saturated rings. The van der Waals surface area contributed by atoms with E-state index in [1.165, 1.54) is 7.11 Å². The topological polar surface area (TPSA) is 72.5 Å². The Morgan fingerprint density at radius 2 is 2.25 bits per heavy atom. The zero-order valence-corrected chi connectivity index (χ0v) is 11.3. The van der Waals surface area contributed by atoms with Gasteiger partial charge in [-0.3, -0.25) is 4.79 Å². The maximum atomic E-state index is 11.2. The number of aromatic hydroxyl groups is 1. The highest BCUT2D eigenvalue weighted by Crippen LogP contribution is 2.25. The van der Waals surface area contributed by atoms with Crippen LogP contribution in [0.15, 0.2) is 12.1 Å². The maximum absolute atomic E-state index is 11.2. The zero-order valence-electron chi connectivity index (χ0n) is 9.16. The van der Waals surface area contributed by atoms with Crippen LogP contribution in [0, 0.1) is 10.5 Å². The summed E-state index contributed by atoms with van der Waals surface area (Å²) in [7, 11) is 1.29. The second-order valence-electron chi connectivity index (χ2n) is 3.56.